The summed E-state index contributed by atoms with van der Waals surface area (Å²) in [6.45, 7) is 7.03. The van der Waals surface area contributed by atoms with E-state index < -0.39 is 0 Å². The van der Waals surface area contributed by atoms with Gasteiger partial charge in [0, 0.05) is 11.4 Å². The van der Waals surface area contributed by atoms with Crippen LogP contribution in [0.25, 0.3) is 5.69 Å². The molecule has 0 saturated carbocycles. The molecule has 3 heteroatoms. The lowest BCUT2D eigenvalue weighted by molar-refractivity contribution is 0.412. The van der Waals surface area contributed by atoms with Crippen LogP contribution in [0.1, 0.15) is 22.5 Å². The van der Waals surface area contributed by atoms with Crippen LogP contribution in [-0.2, 0) is 6.42 Å². The molecule has 2 rings (SSSR count). The van der Waals surface area contributed by atoms with E-state index in [0.29, 0.717) is 6.54 Å². The van der Waals surface area contributed by atoms with Crippen LogP contribution in [0.5, 0.6) is 5.75 Å². The molecule has 0 saturated heterocycles. The summed E-state index contributed by atoms with van der Waals surface area (Å²) < 4.78 is 7.74. The molecule has 19 heavy (non-hydrogen) atoms. The quantitative estimate of drug-likeness (QED) is 0.916. The molecule has 0 spiro atoms. The number of aromatic nitrogens is 1. The van der Waals surface area contributed by atoms with Gasteiger partial charge in [0.1, 0.15) is 5.75 Å². The van der Waals surface area contributed by atoms with Crippen LogP contribution < -0.4 is 10.5 Å². The van der Waals surface area contributed by atoms with Crippen LogP contribution in [0.15, 0.2) is 24.3 Å². The first-order chi connectivity index (χ1) is 9.08. The molecule has 3 nitrogen and oxygen atoms in total. The Hall–Kier alpha value is -1.74. The molecular formula is C16H22N2O. The average molecular weight is 258 g/mol. The third-order valence-corrected chi connectivity index (χ3v) is 3.52. The van der Waals surface area contributed by atoms with Crippen molar-refractivity contribution in [2.45, 2.75) is 27.2 Å². The van der Waals surface area contributed by atoms with E-state index in [0.717, 1.165) is 17.9 Å². The molecule has 0 aliphatic carbocycles. The van der Waals surface area contributed by atoms with Crippen LogP contribution in [0.3, 0.4) is 0 Å². The fraction of sp³-hybridized carbons (Fsp3) is 0.375. The Labute approximate surface area is 115 Å². The number of rotatable bonds is 4. The maximum atomic E-state index is 5.67. The topological polar surface area (TPSA) is 40.2 Å². The predicted molar refractivity (Wildman–Crippen MR) is 79.3 cm³/mol. The average Bonchev–Trinajstić information content (AvgIpc) is 2.65. The summed E-state index contributed by atoms with van der Waals surface area (Å²) in [5.74, 6) is 0.895. The van der Waals surface area contributed by atoms with Crippen molar-refractivity contribution in [1.82, 2.24) is 4.57 Å². The summed E-state index contributed by atoms with van der Waals surface area (Å²) in [7, 11) is 1.71. The van der Waals surface area contributed by atoms with E-state index in [-0.39, 0.29) is 0 Å². The highest BCUT2D eigenvalue weighted by atomic mass is 16.5. The SMILES string of the molecule is COc1ccc(C)cc1-n1c(C)cc(CCN)c1C. The molecule has 0 fully saturated rings. The third-order valence-electron chi connectivity index (χ3n) is 3.52. The standard InChI is InChI=1S/C16H22N2O/c1-11-5-6-16(19-4)15(9-11)18-12(2)10-14(7-8-17)13(18)3/h5-6,9-10H,7-8,17H2,1-4H3. The number of aryl methyl sites for hydroxylation is 2. The van der Waals surface area contributed by atoms with Crippen molar-refractivity contribution < 1.29 is 4.74 Å². The minimum Gasteiger partial charge on any atom is -0.495 e. The van der Waals surface area contributed by atoms with Gasteiger partial charge in [-0.1, -0.05) is 6.07 Å². The highest BCUT2D eigenvalue weighted by molar-refractivity contribution is 5.52. The Bertz CT molecular complexity index is 585. The molecular weight excluding hydrogens is 236 g/mol. The number of methoxy groups -OCH3 is 1. The zero-order chi connectivity index (χ0) is 14.0. The van der Waals surface area contributed by atoms with E-state index in [1.165, 1.54) is 22.5 Å². The molecule has 1 aromatic heterocycles. The number of hydrogen-bond acceptors (Lipinski definition) is 2. The minimum absolute atomic E-state index is 0.676. The number of nitrogens with two attached hydrogens (primary N) is 1. The van der Waals surface area contributed by atoms with E-state index in [1.54, 1.807) is 7.11 Å². The van der Waals surface area contributed by atoms with Gasteiger partial charge in [-0.3, -0.25) is 0 Å². The summed E-state index contributed by atoms with van der Waals surface area (Å²) in [6.07, 6.45) is 0.911. The van der Waals surface area contributed by atoms with Crippen molar-refractivity contribution in [3.05, 3.63) is 46.8 Å². The van der Waals surface area contributed by atoms with E-state index in [1.807, 2.05) is 6.07 Å². The molecule has 2 aromatic rings. The van der Waals surface area contributed by atoms with Crippen molar-refractivity contribution >= 4 is 0 Å². The Morgan fingerprint density at radius 1 is 1.16 bits per heavy atom. The fourth-order valence-corrected chi connectivity index (χ4v) is 2.58. The molecule has 102 valence electrons. The van der Waals surface area contributed by atoms with E-state index in [2.05, 4.69) is 43.5 Å². The lowest BCUT2D eigenvalue weighted by Gasteiger charge is -2.15. The van der Waals surface area contributed by atoms with Crippen LogP contribution in [0.2, 0.25) is 0 Å². The lowest BCUT2D eigenvalue weighted by Crippen LogP contribution is -2.05. The summed E-state index contributed by atoms with van der Waals surface area (Å²) in [5.41, 5.74) is 11.8. The summed E-state index contributed by atoms with van der Waals surface area (Å²) in [5, 5.41) is 0. The molecule has 1 heterocycles. The Morgan fingerprint density at radius 3 is 2.53 bits per heavy atom. The van der Waals surface area contributed by atoms with Crippen LogP contribution >= 0.6 is 0 Å². The second-order valence-corrected chi connectivity index (χ2v) is 4.95. The lowest BCUT2D eigenvalue weighted by atomic mass is 10.1. The van der Waals surface area contributed by atoms with Crippen LogP contribution in [-0.4, -0.2) is 18.2 Å². The zero-order valence-electron chi connectivity index (χ0n) is 12.2. The van der Waals surface area contributed by atoms with E-state index in [9.17, 15) is 0 Å². The normalized spacial score (nSPS) is 10.8. The number of hydrogen-bond donors (Lipinski definition) is 1. The Kier molecular flexibility index (Phi) is 3.96. The first-order valence-corrected chi connectivity index (χ1v) is 6.61. The first kappa shape index (κ1) is 13.7. The molecule has 0 amide bonds. The van der Waals surface area contributed by atoms with Gasteiger partial charge < -0.3 is 15.0 Å². The molecule has 0 bridgehead atoms. The molecule has 0 unspecified atom stereocenters. The van der Waals surface area contributed by atoms with Gasteiger partial charge in [0.05, 0.1) is 12.8 Å². The fourth-order valence-electron chi connectivity index (χ4n) is 2.58. The smallest absolute Gasteiger partial charge is 0.142 e. The number of ether oxygens (including phenoxy) is 1. The third kappa shape index (κ3) is 2.51. The molecule has 1 aromatic carbocycles. The molecule has 0 aliphatic heterocycles. The number of nitrogens with zero attached hydrogens (tertiary/aromatic N) is 1. The second kappa shape index (κ2) is 5.49. The maximum Gasteiger partial charge on any atom is 0.142 e. The predicted octanol–water partition coefficient (Wildman–Crippen LogP) is 2.91. The van der Waals surface area contributed by atoms with E-state index in [4.69, 9.17) is 10.5 Å². The second-order valence-electron chi connectivity index (χ2n) is 4.95. The highest BCUT2D eigenvalue weighted by Gasteiger charge is 2.13. The van der Waals surface area contributed by atoms with Crippen molar-refractivity contribution in [2.24, 2.45) is 5.73 Å². The highest BCUT2D eigenvalue weighted by Crippen LogP contribution is 2.29. The summed E-state index contributed by atoms with van der Waals surface area (Å²) >= 11 is 0. The minimum atomic E-state index is 0.676. The van der Waals surface area contributed by atoms with Crippen molar-refractivity contribution in [3.63, 3.8) is 0 Å². The Morgan fingerprint density at radius 2 is 1.89 bits per heavy atom. The van der Waals surface area contributed by atoms with Crippen molar-refractivity contribution in [2.75, 3.05) is 13.7 Å². The summed E-state index contributed by atoms with van der Waals surface area (Å²) in [6, 6.07) is 8.46. The van der Waals surface area contributed by atoms with Gasteiger partial charge in [-0.05, 0) is 63.1 Å². The van der Waals surface area contributed by atoms with Gasteiger partial charge in [-0.25, -0.2) is 0 Å². The molecule has 0 aliphatic rings. The first-order valence-electron chi connectivity index (χ1n) is 6.61. The maximum absolute atomic E-state index is 5.67. The van der Waals surface area contributed by atoms with Gasteiger partial charge >= 0.3 is 0 Å². The van der Waals surface area contributed by atoms with Crippen molar-refractivity contribution in [1.29, 1.82) is 0 Å². The molecule has 2 N–H and O–H groups in total. The van der Waals surface area contributed by atoms with Gasteiger partial charge in [-0.2, -0.15) is 0 Å². The number of benzene rings is 1. The van der Waals surface area contributed by atoms with Gasteiger partial charge in [0.25, 0.3) is 0 Å². The molecule has 0 radical (unpaired) electrons. The van der Waals surface area contributed by atoms with Gasteiger partial charge in [0.15, 0.2) is 0 Å². The van der Waals surface area contributed by atoms with Gasteiger partial charge in [-0.15, -0.1) is 0 Å². The van der Waals surface area contributed by atoms with Crippen molar-refractivity contribution in [3.8, 4) is 11.4 Å². The zero-order valence-corrected chi connectivity index (χ0v) is 12.2. The molecule has 0 atom stereocenters. The van der Waals surface area contributed by atoms with E-state index >= 15 is 0 Å². The largest absolute Gasteiger partial charge is 0.495 e. The van der Waals surface area contributed by atoms with Crippen LogP contribution in [0, 0.1) is 20.8 Å². The summed E-state index contributed by atoms with van der Waals surface area (Å²) in [4.78, 5) is 0. The monoisotopic (exact) mass is 258 g/mol. The van der Waals surface area contributed by atoms with Crippen LogP contribution in [0.4, 0.5) is 0 Å². The Balaban J connectivity index is 2.61. The van der Waals surface area contributed by atoms with Gasteiger partial charge in [0.2, 0.25) is 0 Å².